The van der Waals surface area contributed by atoms with Gasteiger partial charge in [0.1, 0.15) is 5.56 Å². The number of hydrogen-bond donors (Lipinski definition) is 2. The molecule has 0 aliphatic heterocycles. The molecule has 0 saturated carbocycles. The summed E-state index contributed by atoms with van der Waals surface area (Å²) in [4.78, 5) is 15.2. The third kappa shape index (κ3) is 3.23. The van der Waals surface area contributed by atoms with Crippen LogP contribution in [0.3, 0.4) is 0 Å². The van der Waals surface area contributed by atoms with Crippen LogP contribution in [-0.4, -0.2) is 16.1 Å². The molecule has 0 saturated heterocycles. The SMILES string of the molecule is Cc1cc(Nc2cc(I)ccc2C)c(C(=O)O)cn1. The van der Waals surface area contributed by atoms with E-state index in [-0.39, 0.29) is 5.56 Å². The first kappa shape index (κ1) is 13.8. The van der Waals surface area contributed by atoms with Gasteiger partial charge in [0.05, 0.1) is 5.69 Å². The summed E-state index contributed by atoms with van der Waals surface area (Å²) in [6.07, 6.45) is 1.38. The standard InChI is InChI=1S/C14H13IN2O2/c1-8-3-4-10(15)6-12(8)17-13-5-9(2)16-7-11(13)14(18)19/h3-7H,1-2H3,(H,16,17)(H,18,19). The number of carboxylic acid groups (broad SMARTS) is 1. The molecule has 2 aromatic rings. The van der Waals surface area contributed by atoms with E-state index in [1.165, 1.54) is 6.20 Å². The summed E-state index contributed by atoms with van der Waals surface area (Å²) in [5, 5.41) is 12.4. The van der Waals surface area contributed by atoms with Crippen LogP contribution in [0.4, 0.5) is 11.4 Å². The molecular formula is C14H13IN2O2. The van der Waals surface area contributed by atoms with Gasteiger partial charge in [-0.2, -0.15) is 0 Å². The Morgan fingerprint density at radius 2 is 2.00 bits per heavy atom. The quantitative estimate of drug-likeness (QED) is 0.811. The van der Waals surface area contributed by atoms with Gasteiger partial charge in [-0.15, -0.1) is 0 Å². The molecule has 0 aliphatic rings. The summed E-state index contributed by atoms with van der Waals surface area (Å²) in [5.74, 6) is -0.988. The van der Waals surface area contributed by atoms with Gasteiger partial charge in [-0.1, -0.05) is 6.07 Å². The minimum Gasteiger partial charge on any atom is -0.478 e. The fraction of sp³-hybridized carbons (Fsp3) is 0.143. The molecule has 0 amide bonds. The van der Waals surface area contributed by atoms with E-state index in [9.17, 15) is 9.90 Å². The van der Waals surface area contributed by atoms with Gasteiger partial charge in [-0.25, -0.2) is 4.79 Å². The normalized spacial score (nSPS) is 10.3. The van der Waals surface area contributed by atoms with Crippen molar-refractivity contribution in [3.05, 3.63) is 50.9 Å². The van der Waals surface area contributed by atoms with Crippen LogP contribution in [0.1, 0.15) is 21.6 Å². The Morgan fingerprint density at radius 3 is 2.68 bits per heavy atom. The zero-order valence-electron chi connectivity index (χ0n) is 10.6. The highest BCUT2D eigenvalue weighted by Crippen LogP contribution is 2.25. The summed E-state index contributed by atoms with van der Waals surface area (Å²) in [7, 11) is 0. The van der Waals surface area contributed by atoms with E-state index in [1.54, 1.807) is 6.07 Å². The van der Waals surface area contributed by atoms with E-state index in [4.69, 9.17) is 0 Å². The second-order valence-electron chi connectivity index (χ2n) is 4.26. The van der Waals surface area contributed by atoms with Crippen molar-refractivity contribution >= 4 is 39.9 Å². The molecule has 1 aromatic carbocycles. The topological polar surface area (TPSA) is 62.2 Å². The molecule has 1 aromatic heterocycles. The Kier molecular flexibility index (Phi) is 4.04. The monoisotopic (exact) mass is 368 g/mol. The Balaban J connectivity index is 2.45. The lowest BCUT2D eigenvalue weighted by molar-refractivity contribution is 0.0697. The van der Waals surface area contributed by atoms with Crippen molar-refractivity contribution in [1.82, 2.24) is 4.98 Å². The minimum absolute atomic E-state index is 0.170. The maximum absolute atomic E-state index is 11.2. The zero-order chi connectivity index (χ0) is 14.0. The number of rotatable bonds is 3. The third-order valence-electron chi connectivity index (χ3n) is 2.74. The summed E-state index contributed by atoms with van der Waals surface area (Å²) >= 11 is 2.22. The van der Waals surface area contributed by atoms with Crippen molar-refractivity contribution in [3.8, 4) is 0 Å². The zero-order valence-corrected chi connectivity index (χ0v) is 12.7. The number of halogens is 1. The number of aromatic nitrogens is 1. The van der Waals surface area contributed by atoms with Gasteiger partial charge in [0, 0.05) is 21.1 Å². The molecule has 0 spiro atoms. The lowest BCUT2D eigenvalue weighted by atomic mass is 10.1. The number of nitrogens with zero attached hydrogens (tertiary/aromatic N) is 1. The minimum atomic E-state index is -0.988. The molecule has 0 atom stereocenters. The van der Waals surface area contributed by atoms with Gasteiger partial charge in [-0.05, 0) is 60.2 Å². The molecule has 0 aliphatic carbocycles. The number of carboxylic acids is 1. The van der Waals surface area contributed by atoms with Crippen LogP contribution in [-0.2, 0) is 0 Å². The average Bonchev–Trinajstić information content (AvgIpc) is 2.33. The fourth-order valence-corrected chi connectivity index (χ4v) is 2.20. The van der Waals surface area contributed by atoms with Crippen LogP contribution in [0.5, 0.6) is 0 Å². The van der Waals surface area contributed by atoms with E-state index < -0.39 is 5.97 Å². The smallest absolute Gasteiger partial charge is 0.339 e. The predicted octanol–water partition coefficient (Wildman–Crippen LogP) is 3.74. The van der Waals surface area contributed by atoms with Gasteiger partial charge >= 0.3 is 5.97 Å². The number of anilines is 2. The number of carbonyl (C=O) groups is 1. The first-order valence-electron chi connectivity index (χ1n) is 5.70. The van der Waals surface area contributed by atoms with Gasteiger partial charge in [0.2, 0.25) is 0 Å². The summed E-state index contributed by atoms with van der Waals surface area (Å²) in [6.45, 7) is 3.81. The van der Waals surface area contributed by atoms with Gasteiger partial charge < -0.3 is 10.4 Å². The molecule has 0 fully saturated rings. The molecule has 2 rings (SSSR count). The van der Waals surface area contributed by atoms with Crippen molar-refractivity contribution in [2.45, 2.75) is 13.8 Å². The Hall–Kier alpha value is -1.63. The summed E-state index contributed by atoms with van der Waals surface area (Å²) in [6, 6.07) is 7.73. The average molecular weight is 368 g/mol. The molecular weight excluding hydrogens is 355 g/mol. The highest BCUT2D eigenvalue weighted by Gasteiger charge is 2.12. The Bertz CT molecular complexity index is 641. The lowest BCUT2D eigenvalue weighted by Crippen LogP contribution is -2.05. The van der Waals surface area contributed by atoms with Crippen molar-refractivity contribution in [1.29, 1.82) is 0 Å². The number of aromatic carboxylic acids is 1. The molecule has 0 bridgehead atoms. The fourth-order valence-electron chi connectivity index (χ4n) is 1.71. The molecule has 1 heterocycles. The van der Waals surface area contributed by atoms with Gasteiger partial charge in [-0.3, -0.25) is 4.98 Å². The first-order valence-corrected chi connectivity index (χ1v) is 6.78. The first-order chi connectivity index (χ1) is 8.97. The van der Waals surface area contributed by atoms with E-state index in [0.29, 0.717) is 5.69 Å². The van der Waals surface area contributed by atoms with Crippen LogP contribution in [0, 0.1) is 17.4 Å². The number of hydrogen-bond acceptors (Lipinski definition) is 3. The van der Waals surface area contributed by atoms with Crippen molar-refractivity contribution in [2.75, 3.05) is 5.32 Å². The molecule has 19 heavy (non-hydrogen) atoms. The molecule has 4 nitrogen and oxygen atoms in total. The Labute approximate surface area is 125 Å². The van der Waals surface area contributed by atoms with Crippen LogP contribution >= 0.6 is 22.6 Å². The van der Waals surface area contributed by atoms with E-state index in [2.05, 4.69) is 32.9 Å². The second kappa shape index (κ2) is 5.56. The summed E-state index contributed by atoms with van der Waals surface area (Å²) < 4.78 is 1.09. The van der Waals surface area contributed by atoms with Crippen molar-refractivity contribution in [2.24, 2.45) is 0 Å². The van der Waals surface area contributed by atoms with Gasteiger partial charge in [0.25, 0.3) is 0 Å². The number of aryl methyl sites for hydroxylation is 2. The number of pyridine rings is 1. The highest BCUT2D eigenvalue weighted by atomic mass is 127. The van der Waals surface area contributed by atoms with Crippen LogP contribution in [0.25, 0.3) is 0 Å². The van der Waals surface area contributed by atoms with Crippen LogP contribution < -0.4 is 5.32 Å². The maximum Gasteiger partial charge on any atom is 0.339 e. The number of benzene rings is 1. The molecule has 0 unspecified atom stereocenters. The highest BCUT2D eigenvalue weighted by molar-refractivity contribution is 14.1. The number of nitrogens with one attached hydrogen (secondary N) is 1. The second-order valence-corrected chi connectivity index (χ2v) is 5.51. The van der Waals surface area contributed by atoms with Crippen molar-refractivity contribution in [3.63, 3.8) is 0 Å². The van der Waals surface area contributed by atoms with E-state index >= 15 is 0 Å². The lowest BCUT2D eigenvalue weighted by Gasteiger charge is -2.12. The molecule has 2 N–H and O–H groups in total. The third-order valence-corrected chi connectivity index (χ3v) is 3.41. The van der Waals surface area contributed by atoms with Gasteiger partial charge in [0.15, 0.2) is 0 Å². The van der Waals surface area contributed by atoms with Crippen molar-refractivity contribution < 1.29 is 9.90 Å². The van der Waals surface area contributed by atoms with Crippen LogP contribution in [0.15, 0.2) is 30.5 Å². The molecule has 0 radical (unpaired) electrons. The van der Waals surface area contributed by atoms with Crippen LogP contribution in [0.2, 0.25) is 0 Å². The largest absolute Gasteiger partial charge is 0.478 e. The molecule has 98 valence electrons. The predicted molar refractivity (Wildman–Crippen MR) is 83.1 cm³/mol. The molecule has 5 heteroatoms. The van der Waals surface area contributed by atoms with E-state index in [0.717, 1.165) is 20.5 Å². The van der Waals surface area contributed by atoms with E-state index in [1.807, 2.05) is 32.0 Å². The maximum atomic E-state index is 11.2. The summed E-state index contributed by atoms with van der Waals surface area (Å²) in [5.41, 5.74) is 3.47. The Morgan fingerprint density at radius 1 is 1.26 bits per heavy atom.